The molecule has 33 heavy (non-hydrogen) atoms. The minimum absolute atomic E-state index is 0.0709. The summed E-state index contributed by atoms with van der Waals surface area (Å²) in [5.74, 6) is -6.85. The summed E-state index contributed by atoms with van der Waals surface area (Å²) in [5, 5.41) is 7.08. The molecule has 0 spiro atoms. The van der Waals surface area contributed by atoms with E-state index >= 15 is 0 Å². The Hall–Kier alpha value is -3.36. The largest absolute Gasteiger partial charge is 0.345 e. The summed E-state index contributed by atoms with van der Waals surface area (Å²) < 4.78 is 40.0. The predicted molar refractivity (Wildman–Crippen MR) is 119 cm³/mol. The number of amides is 3. The first-order chi connectivity index (χ1) is 15.3. The lowest BCUT2D eigenvalue weighted by molar-refractivity contribution is -0.126. The zero-order chi connectivity index (χ0) is 24.9. The van der Waals surface area contributed by atoms with Crippen LogP contribution in [0, 0.1) is 23.4 Å². The van der Waals surface area contributed by atoms with Crippen molar-refractivity contribution in [3.05, 3.63) is 65.0 Å². The third-order valence-electron chi connectivity index (χ3n) is 4.98. The van der Waals surface area contributed by atoms with Crippen molar-refractivity contribution in [1.82, 2.24) is 10.6 Å². The maximum absolute atomic E-state index is 13.7. The van der Waals surface area contributed by atoms with Crippen LogP contribution in [0.5, 0.6) is 0 Å². The summed E-state index contributed by atoms with van der Waals surface area (Å²) in [7, 11) is 0. The predicted octanol–water partition coefficient (Wildman–Crippen LogP) is 3.91. The molecule has 6 nitrogen and oxygen atoms in total. The van der Waals surface area contributed by atoms with Crippen molar-refractivity contribution in [2.45, 2.75) is 46.1 Å². The van der Waals surface area contributed by atoms with E-state index in [1.165, 1.54) is 0 Å². The Kier molecular flexibility index (Phi) is 8.24. The third kappa shape index (κ3) is 6.81. The highest BCUT2D eigenvalue weighted by Gasteiger charge is 2.25. The zero-order valence-electron chi connectivity index (χ0n) is 19.2. The van der Waals surface area contributed by atoms with E-state index in [-0.39, 0.29) is 11.3 Å². The van der Waals surface area contributed by atoms with Crippen molar-refractivity contribution < 1.29 is 27.6 Å². The Bertz CT molecular complexity index is 1030. The van der Waals surface area contributed by atoms with Crippen LogP contribution in [0.4, 0.5) is 18.9 Å². The molecule has 3 N–H and O–H groups in total. The molecule has 178 valence electrons. The maximum atomic E-state index is 13.7. The number of hydrogen-bond donors (Lipinski definition) is 3. The van der Waals surface area contributed by atoms with Gasteiger partial charge in [-0.3, -0.25) is 14.4 Å². The molecule has 0 saturated carbocycles. The van der Waals surface area contributed by atoms with Gasteiger partial charge in [-0.1, -0.05) is 46.8 Å². The fourth-order valence-corrected chi connectivity index (χ4v) is 2.98. The number of carbonyl (C=O) groups excluding carboxylic acids is 3. The van der Waals surface area contributed by atoms with Gasteiger partial charge in [-0.15, -0.1) is 0 Å². The van der Waals surface area contributed by atoms with Crippen molar-refractivity contribution in [1.29, 1.82) is 0 Å². The van der Waals surface area contributed by atoms with Crippen LogP contribution in [0.25, 0.3) is 0 Å². The van der Waals surface area contributed by atoms with Gasteiger partial charge < -0.3 is 16.0 Å². The van der Waals surface area contributed by atoms with Gasteiger partial charge in [0.15, 0.2) is 17.5 Å². The van der Waals surface area contributed by atoms with E-state index in [0.717, 1.165) is 11.6 Å². The smallest absolute Gasteiger partial charge is 0.251 e. The standard InChI is InChI=1S/C24H28F3N3O3/c1-13(2)21(30-22(32)14-6-8-15(9-7-14)24(3,4)5)23(33)28-12-18(31)29-17-11-10-16(25)19(26)20(17)27/h6-11,13,21H,12H2,1-5H3,(H,28,33)(H,29,31)(H,30,32). The summed E-state index contributed by atoms with van der Waals surface area (Å²) in [6.07, 6.45) is 0. The average molecular weight is 464 g/mol. The number of rotatable bonds is 7. The topological polar surface area (TPSA) is 87.3 Å². The van der Waals surface area contributed by atoms with Crippen molar-refractivity contribution in [3.63, 3.8) is 0 Å². The molecule has 9 heteroatoms. The molecule has 0 radical (unpaired) electrons. The molecule has 0 aliphatic heterocycles. The summed E-state index contributed by atoms with van der Waals surface area (Å²) in [6, 6.07) is 7.65. The van der Waals surface area contributed by atoms with E-state index in [9.17, 15) is 27.6 Å². The summed E-state index contributed by atoms with van der Waals surface area (Å²) >= 11 is 0. The van der Waals surface area contributed by atoms with Gasteiger partial charge in [0.1, 0.15) is 6.04 Å². The molecule has 0 heterocycles. The van der Waals surface area contributed by atoms with E-state index in [1.54, 1.807) is 26.0 Å². The molecule has 2 aromatic rings. The fraction of sp³-hybridized carbons (Fsp3) is 0.375. The molecule has 1 unspecified atom stereocenters. The van der Waals surface area contributed by atoms with Gasteiger partial charge in [0.05, 0.1) is 12.2 Å². The molecular formula is C24H28F3N3O3. The SMILES string of the molecule is CC(C)C(NC(=O)c1ccc(C(C)(C)C)cc1)C(=O)NCC(=O)Nc1ccc(F)c(F)c1F. The van der Waals surface area contributed by atoms with Crippen LogP contribution in [-0.2, 0) is 15.0 Å². The van der Waals surface area contributed by atoms with Crippen LogP contribution in [0.2, 0.25) is 0 Å². The number of anilines is 1. The second kappa shape index (κ2) is 10.5. The molecule has 1 atom stereocenters. The first-order valence-electron chi connectivity index (χ1n) is 10.4. The van der Waals surface area contributed by atoms with Gasteiger partial charge in [-0.2, -0.15) is 0 Å². The van der Waals surface area contributed by atoms with E-state index in [2.05, 4.69) is 36.7 Å². The number of halogens is 3. The third-order valence-corrected chi connectivity index (χ3v) is 4.98. The summed E-state index contributed by atoms with van der Waals surface area (Å²) in [4.78, 5) is 37.2. The Morgan fingerprint density at radius 3 is 2.06 bits per heavy atom. The fourth-order valence-electron chi connectivity index (χ4n) is 2.98. The van der Waals surface area contributed by atoms with Crippen LogP contribution in [-0.4, -0.2) is 30.3 Å². The monoisotopic (exact) mass is 463 g/mol. The Balaban J connectivity index is 1.98. The average Bonchev–Trinajstić information content (AvgIpc) is 2.75. The number of carbonyl (C=O) groups is 3. The van der Waals surface area contributed by atoms with Crippen molar-refractivity contribution in [2.75, 3.05) is 11.9 Å². The molecule has 2 rings (SSSR count). The lowest BCUT2D eigenvalue weighted by Crippen LogP contribution is -2.51. The first-order valence-corrected chi connectivity index (χ1v) is 10.4. The molecular weight excluding hydrogens is 435 g/mol. The zero-order valence-corrected chi connectivity index (χ0v) is 19.2. The highest BCUT2D eigenvalue weighted by molar-refractivity contribution is 5.99. The van der Waals surface area contributed by atoms with Crippen molar-refractivity contribution in [2.24, 2.45) is 5.92 Å². The number of benzene rings is 2. The minimum atomic E-state index is -1.71. The Labute approximate surface area is 190 Å². The molecule has 0 saturated heterocycles. The van der Waals surface area contributed by atoms with E-state index < -0.39 is 53.4 Å². The van der Waals surface area contributed by atoms with Crippen LogP contribution < -0.4 is 16.0 Å². The second-order valence-electron chi connectivity index (χ2n) is 9.01. The number of hydrogen-bond acceptors (Lipinski definition) is 3. The molecule has 3 amide bonds. The van der Waals surface area contributed by atoms with E-state index in [1.807, 2.05) is 12.1 Å². The molecule has 0 aromatic heterocycles. The minimum Gasteiger partial charge on any atom is -0.345 e. The highest BCUT2D eigenvalue weighted by Crippen LogP contribution is 2.22. The Morgan fingerprint density at radius 2 is 1.52 bits per heavy atom. The highest BCUT2D eigenvalue weighted by atomic mass is 19.2. The first kappa shape index (κ1) is 25.9. The van der Waals surface area contributed by atoms with Crippen LogP contribution >= 0.6 is 0 Å². The van der Waals surface area contributed by atoms with Crippen LogP contribution in [0.15, 0.2) is 36.4 Å². The van der Waals surface area contributed by atoms with E-state index in [4.69, 9.17) is 0 Å². The Morgan fingerprint density at radius 1 is 0.909 bits per heavy atom. The maximum Gasteiger partial charge on any atom is 0.251 e. The van der Waals surface area contributed by atoms with Gasteiger partial charge in [-0.05, 0) is 41.2 Å². The van der Waals surface area contributed by atoms with Gasteiger partial charge >= 0.3 is 0 Å². The van der Waals surface area contributed by atoms with Gasteiger partial charge in [0, 0.05) is 5.56 Å². The number of nitrogens with one attached hydrogen (secondary N) is 3. The normalized spacial score (nSPS) is 12.3. The quantitative estimate of drug-likeness (QED) is 0.544. The van der Waals surface area contributed by atoms with Gasteiger partial charge in [-0.25, -0.2) is 13.2 Å². The van der Waals surface area contributed by atoms with Crippen molar-refractivity contribution in [3.8, 4) is 0 Å². The summed E-state index contributed by atoms with van der Waals surface area (Å²) in [6.45, 7) is 9.06. The molecule has 0 bridgehead atoms. The van der Waals surface area contributed by atoms with Gasteiger partial charge in [0.25, 0.3) is 5.91 Å². The second-order valence-corrected chi connectivity index (χ2v) is 9.01. The molecule has 0 fully saturated rings. The lowest BCUT2D eigenvalue weighted by Gasteiger charge is -2.22. The van der Waals surface area contributed by atoms with Gasteiger partial charge in [0.2, 0.25) is 11.8 Å². The van der Waals surface area contributed by atoms with E-state index in [0.29, 0.717) is 11.6 Å². The molecule has 0 aliphatic rings. The summed E-state index contributed by atoms with van der Waals surface area (Å²) in [5.41, 5.74) is 0.813. The molecule has 2 aromatic carbocycles. The van der Waals surface area contributed by atoms with Crippen molar-refractivity contribution >= 4 is 23.4 Å². The van der Waals surface area contributed by atoms with Crippen LogP contribution in [0.3, 0.4) is 0 Å². The molecule has 0 aliphatic carbocycles. The lowest BCUT2D eigenvalue weighted by atomic mass is 9.86. The van der Waals surface area contributed by atoms with Crippen LogP contribution in [0.1, 0.15) is 50.5 Å².